The van der Waals surface area contributed by atoms with E-state index in [-0.39, 0.29) is 11.7 Å². The van der Waals surface area contributed by atoms with Crippen LogP contribution in [0.3, 0.4) is 0 Å². The number of anilines is 1. The van der Waals surface area contributed by atoms with Gasteiger partial charge >= 0.3 is 12.3 Å². The molecule has 172 valence electrons. The van der Waals surface area contributed by atoms with Crippen LogP contribution >= 0.6 is 11.3 Å². The molecule has 0 bridgehead atoms. The van der Waals surface area contributed by atoms with E-state index in [0.717, 1.165) is 37.3 Å². The van der Waals surface area contributed by atoms with Crippen LogP contribution in [0.15, 0.2) is 30.3 Å². The summed E-state index contributed by atoms with van der Waals surface area (Å²) in [5, 5.41) is 17.5. The zero-order valence-electron chi connectivity index (χ0n) is 16.8. The number of nitrogens with zero attached hydrogens (tertiary/aromatic N) is 2. The van der Waals surface area contributed by atoms with Gasteiger partial charge in [-0.05, 0) is 36.6 Å². The third-order valence-corrected chi connectivity index (χ3v) is 6.11. The van der Waals surface area contributed by atoms with Crippen LogP contribution in [0.4, 0.5) is 28.2 Å². The van der Waals surface area contributed by atoms with Gasteiger partial charge in [0.25, 0.3) is 0 Å². The minimum absolute atomic E-state index is 0.181. The molecule has 11 heteroatoms. The Kier molecular flexibility index (Phi) is 7.49. The molecular weight excluding hydrogens is 450 g/mol. The van der Waals surface area contributed by atoms with Gasteiger partial charge in [0, 0.05) is 12.5 Å². The van der Waals surface area contributed by atoms with Gasteiger partial charge in [0.05, 0.1) is 5.39 Å². The standard InChI is InChI=1S/C20H19F4N3S.CH2O3/c21-14-8-6-12(7-9-14)11-25-18-15-10-16(20(22,23)24)28-19(15)27-17(26-18)13-4-2-1-3-5-13;2-1(3)4/h6-10,13H,1-5,11H2,(H,25,26,27);(H2,2,3,4). The van der Waals surface area contributed by atoms with Crippen molar-refractivity contribution in [1.29, 1.82) is 0 Å². The Morgan fingerprint density at radius 2 is 1.72 bits per heavy atom. The molecule has 1 aliphatic rings. The first-order chi connectivity index (χ1) is 15.1. The molecule has 1 aliphatic carbocycles. The van der Waals surface area contributed by atoms with E-state index in [4.69, 9.17) is 15.0 Å². The highest BCUT2D eigenvalue weighted by Crippen LogP contribution is 2.40. The zero-order valence-corrected chi connectivity index (χ0v) is 17.6. The molecule has 2 aromatic heterocycles. The van der Waals surface area contributed by atoms with Gasteiger partial charge in [-0.25, -0.2) is 19.2 Å². The number of halogens is 4. The Labute approximate surface area is 184 Å². The number of rotatable bonds is 4. The maximum atomic E-state index is 13.2. The minimum atomic E-state index is -4.41. The van der Waals surface area contributed by atoms with E-state index in [1.54, 1.807) is 12.1 Å². The molecule has 1 aromatic carbocycles. The van der Waals surface area contributed by atoms with Crippen molar-refractivity contribution in [3.8, 4) is 0 Å². The number of nitrogens with one attached hydrogen (secondary N) is 1. The van der Waals surface area contributed by atoms with Crippen LogP contribution in [0.2, 0.25) is 0 Å². The molecule has 4 rings (SSSR count). The summed E-state index contributed by atoms with van der Waals surface area (Å²) in [6.45, 7) is 0.341. The summed E-state index contributed by atoms with van der Waals surface area (Å²) in [6, 6.07) is 7.09. The predicted molar refractivity (Wildman–Crippen MR) is 113 cm³/mol. The van der Waals surface area contributed by atoms with Crippen molar-refractivity contribution in [3.63, 3.8) is 0 Å². The van der Waals surface area contributed by atoms with Crippen molar-refractivity contribution in [1.82, 2.24) is 9.97 Å². The topological polar surface area (TPSA) is 95.3 Å². The second kappa shape index (κ2) is 10.1. The molecule has 1 fully saturated rings. The van der Waals surface area contributed by atoms with Gasteiger partial charge in [-0.15, -0.1) is 11.3 Å². The highest BCUT2D eigenvalue weighted by Gasteiger charge is 2.34. The number of hydrogen-bond donors (Lipinski definition) is 3. The summed E-state index contributed by atoms with van der Waals surface area (Å²) in [5.41, 5.74) is 0.818. The van der Waals surface area contributed by atoms with Gasteiger partial charge in [0.15, 0.2) is 0 Å². The van der Waals surface area contributed by atoms with Gasteiger partial charge in [-0.2, -0.15) is 13.2 Å². The minimum Gasteiger partial charge on any atom is -0.450 e. The lowest BCUT2D eigenvalue weighted by Gasteiger charge is -2.21. The number of aromatic nitrogens is 2. The van der Waals surface area contributed by atoms with E-state index in [1.807, 2.05) is 0 Å². The van der Waals surface area contributed by atoms with Gasteiger partial charge in [0.1, 0.15) is 27.2 Å². The number of fused-ring (bicyclic) bond motifs is 1. The van der Waals surface area contributed by atoms with Crippen molar-refractivity contribution in [2.45, 2.75) is 50.7 Å². The molecule has 0 radical (unpaired) electrons. The Hall–Kier alpha value is -2.95. The first-order valence-electron chi connectivity index (χ1n) is 9.92. The van der Waals surface area contributed by atoms with Crippen molar-refractivity contribution in [2.75, 3.05) is 5.32 Å². The summed E-state index contributed by atoms with van der Waals surface area (Å²) >= 11 is 0.654. The molecule has 2 heterocycles. The SMILES string of the molecule is Fc1ccc(CNc2nc(C3CCCCC3)nc3sc(C(F)(F)F)cc23)cc1.O=C(O)O. The lowest BCUT2D eigenvalue weighted by atomic mass is 9.88. The molecule has 32 heavy (non-hydrogen) atoms. The van der Waals surface area contributed by atoms with Crippen LogP contribution < -0.4 is 5.32 Å². The summed E-state index contributed by atoms with van der Waals surface area (Å²) in [6.07, 6.45) is -0.984. The molecule has 0 unspecified atom stereocenters. The average Bonchev–Trinajstić information content (AvgIpc) is 3.18. The quantitative estimate of drug-likeness (QED) is 0.365. The maximum absolute atomic E-state index is 13.2. The Balaban J connectivity index is 0.000000668. The second-order valence-electron chi connectivity index (χ2n) is 7.36. The van der Waals surface area contributed by atoms with Crippen LogP contribution in [0.1, 0.15) is 54.3 Å². The van der Waals surface area contributed by atoms with Crippen molar-refractivity contribution >= 4 is 33.5 Å². The van der Waals surface area contributed by atoms with Gasteiger partial charge in [-0.3, -0.25) is 0 Å². The van der Waals surface area contributed by atoms with Crippen LogP contribution in [0.5, 0.6) is 0 Å². The van der Waals surface area contributed by atoms with Crippen LogP contribution in [0.25, 0.3) is 10.2 Å². The first-order valence-corrected chi connectivity index (χ1v) is 10.7. The monoisotopic (exact) mass is 471 g/mol. The molecule has 0 saturated heterocycles. The largest absolute Gasteiger partial charge is 0.503 e. The fraction of sp³-hybridized carbons (Fsp3) is 0.381. The fourth-order valence-corrected chi connectivity index (χ4v) is 4.45. The van der Waals surface area contributed by atoms with Gasteiger partial charge in [0.2, 0.25) is 0 Å². The number of carboxylic acid groups (broad SMARTS) is 2. The first kappa shape index (κ1) is 23.7. The van der Waals surface area contributed by atoms with Crippen LogP contribution in [-0.4, -0.2) is 26.3 Å². The number of benzene rings is 1. The number of carbonyl (C=O) groups is 1. The van der Waals surface area contributed by atoms with E-state index in [0.29, 0.717) is 39.7 Å². The van der Waals surface area contributed by atoms with E-state index in [9.17, 15) is 17.6 Å². The fourth-order valence-electron chi connectivity index (χ4n) is 3.54. The van der Waals surface area contributed by atoms with Crippen molar-refractivity contribution in [3.05, 3.63) is 52.4 Å². The van der Waals surface area contributed by atoms with Crippen molar-refractivity contribution < 1.29 is 32.6 Å². The van der Waals surface area contributed by atoms with E-state index in [1.165, 1.54) is 18.6 Å². The third-order valence-electron chi connectivity index (χ3n) is 5.03. The Morgan fingerprint density at radius 3 is 2.31 bits per heavy atom. The molecule has 3 aromatic rings. The summed E-state index contributed by atoms with van der Waals surface area (Å²) in [7, 11) is 0. The van der Waals surface area contributed by atoms with E-state index >= 15 is 0 Å². The third kappa shape index (κ3) is 6.28. The number of hydrogen-bond acceptors (Lipinski definition) is 5. The molecule has 3 N–H and O–H groups in total. The normalized spacial score (nSPS) is 14.6. The summed E-state index contributed by atoms with van der Waals surface area (Å²) in [4.78, 5) is 17.3. The van der Waals surface area contributed by atoms with Crippen LogP contribution in [-0.2, 0) is 12.7 Å². The highest BCUT2D eigenvalue weighted by atomic mass is 32.1. The molecular formula is C21H21F4N3O3S. The van der Waals surface area contributed by atoms with Gasteiger partial charge < -0.3 is 15.5 Å². The number of thiophene rings is 1. The Morgan fingerprint density at radius 1 is 1.09 bits per heavy atom. The molecule has 0 aliphatic heterocycles. The molecule has 0 atom stereocenters. The summed E-state index contributed by atoms with van der Waals surface area (Å²) in [5.74, 6) is 0.868. The second-order valence-corrected chi connectivity index (χ2v) is 8.39. The zero-order chi connectivity index (χ0) is 23.3. The highest BCUT2D eigenvalue weighted by molar-refractivity contribution is 7.18. The lowest BCUT2D eigenvalue weighted by molar-refractivity contribution is -0.134. The Bertz CT molecular complexity index is 1060. The smallest absolute Gasteiger partial charge is 0.450 e. The predicted octanol–water partition coefficient (Wildman–Crippen LogP) is 6.73. The molecule has 1 saturated carbocycles. The molecule has 0 spiro atoms. The summed E-state index contributed by atoms with van der Waals surface area (Å²) < 4.78 is 52.7. The van der Waals surface area contributed by atoms with E-state index < -0.39 is 17.2 Å². The molecule has 6 nitrogen and oxygen atoms in total. The van der Waals surface area contributed by atoms with Crippen LogP contribution in [0, 0.1) is 5.82 Å². The molecule has 0 amide bonds. The number of alkyl halides is 3. The van der Waals surface area contributed by atoms with Crippen molar-refractivity contribution in [2.24, 2.45) is 0 Å². The van der Waals surface area contributed by atoms with E-state index in [2.05, 4.69) is 15.3 Å². The van der Waals surface area contributed by atoms with Gasteiger partial charge in [-0.1, -0.05) is 31.4 Å². The lowest BCUT2D eigenvalue weighted by Crippen LogP contribution is -2.11. The average molecular weight is 471 g/mol. The maximum Gasteiger partial charge on any atom is 0.503 e.